The van der Waals surface area contributed by atoms with E-state index >= 15 is 0 Å². The van der Waals surface area contributed by atoms with Crippen molar-refractivity contribution < 1.29 is 23.2 Å². The summed E-state index contributed by atoms with van der Waals surface area (Å²) < 4.78 is 24.1. The number of pyridine rings is 1. The van der Waals surface area contributed by atoms with Crippen molar-refractivity contribution in [2.45, 2.75) is 13.8 Å². The van der Waals surface area contributed by atoms with Gasteiger partial charge in [-0.05, 0) is 37.6 Å². The van der Waals surface area contributed by atoms with E-state index in [1.54, 1.807) is 32.0 Å². The standard InChI is InChI=1S/C23H18FN3O4/c1-13-8-9-16(10-18(13)24)25-20(28)12-30-23(29)17-11-19(15-6-4-3-5-7-15)26-22-21(17)14(2)27-31-22/h3-11H,12H2,1-2H3,(H,25,28). The highest BCUT2D eigenvalue weighted by molar-refractivity contribution is 6.05. The highest BCUT2D eigenvalue weighted by Crippen LogP contribution is 2.27. The Balaban J connectivity index is 1.55. The topological polar surface area (TPSA) is 94.3 Å². The third kappa shape index (κ3) is 4.28. The zero-order valence-electron chi connectivity index (χ0n) is 16.8. The Morgan fingerprint density at radius 3 is 2.61 bits per heavy atom. The van der Waals surface area contributed by atoms with Crippen LogP contribution in [0.1, 0.15) is 21.6 Å². The molecule has 0 fully saturated rings. The number of carbonyl (C=O) groups is 2. The molecule has 1 N–H and O–H groups in total. The molecule has 31 heavy (non-hydrogen) atoms. The second-order valence-electron chi connectivity index (χ2n) is 6.96. The van der Waals surface area contributed by atoms with Gasteiger partial charge in [0.1, 0.15) is 5.82 Å². The fraction of sp³-hybridized carbons (Fsp3) is 0.130. The van der Waals surface area contributed by atoms with E-state index in [4.69, 9.17) is 9.26 Å². The maximum atomic E-state index is 13.6. The molecular weight excluding hydrogens is 401 g/mol. The number of nitrogens with one attached hydrogen (secondary N) is 1. The van der Waals surface area contributed by atoms with Gasteiger partial charge in [0.05, 0.1) is 22.3 Å². The molecule has 0 saturated carbocycles. The summed E-state index contributed by atoms with van der Waals surface area (Å²) in [6.07, 6.45) is 0. The fourth-order valence-electron chi connectivity index (χ4n) is 3.09. The highest BCUT2D eigenvalue weighted by atomic mass is 19.1. The van der Waals surface area contributed by atoms with E-state index in [0.717, 1.165) is 5.56 Å². The van der Waals surface area contributed by atoms with Gasteiger partial charge in [-0.15, -0.1) is 0 Å². The number of carbonyl (C=O) groups excluding carboxylic acids is 2. The molecule has 2 aromatic carbocycles. The minimum atomic E-state index is -0.721. The van der Waals surface area contributed by atoms with Crippen LogP contribution in [-0.4, -0.2) is 28.6 Å². The van der Waals surface area contributed by atoms with Crippen molar-refractivity contribution in [3.05, 3.63) is 77.2 Å². The van der Waals surface area contributed by atoms with Crippen LogP contribution in [0, 0.1) is 19.7 Å². The van der Waals surface area contributed by atoms with Crippen LogP contribution in [0.2, 0.25) is 0 Å². The number of anilines is 1. The molecule has 7 nitrogen and oxygen atoms in total. The molecule has 0 aliphatic carbocycles. The van der Waals surface area contributed by atoms with Gasteiger partial charge in [0.2, 0.25) is 0 Å². The SMILES string of the molecule is Cc1ccc(NC(=O)COC(=O)c2cc(-c3ccccc3)nc3onc(C)c23)cc1F. The summed E-state index contributed by atoms with van der Waals surface area (Å²) in [5.74, 6) is -1.75. The van der Waals surface area contributed by atoms with Crippen LogP contribution < -0.4 is 5.32 Å². The lowest BCUT2D eigenvalue weighted by Gasteiger charge is -2.09. The van der Waals surface area contributed by atoms with Gasteiger partial charge in [0.25, 0.3) is 11.6 Å². The first-order valence-electron chi connectivity index (χ1n) is 9.48. The van der Waals surface area contributed by atoms with Crippen molar-refractivity contribution in [3.8, 4) is 11.3 Å². The van der Waals surface area contributed by atoms with Gasteiger partial charge >= 0.3 is 5.97 Å². The Hall–Kier alpha value is -4.07. The lowest BCUT2D eigenvalue weighted by atomic mass is 10.1. The number of amides is 1. The van der Waals surface area contributed by atoms with Crippen LogP contribution in [0.3, 0.4) is 0 Å². The van der Waals surface area contributed by atoms with Gasteiger partial charge in [-0.3, -0.25) is 4.79 Å². The normalized spacial score (nSPS) is 10.8. The van der Waals surface area contributed by atoms with E-state index in [1.807, 2.05) is 30.3 Å². The molecule has 2 aromatic heterocycles. The number of nitrogens with zero attached hydrogens (tertiary/aromatic N) is 2. The van der Waals surface area contributed by atoms with Crippen LogP contribution >= 0.6 is 0 Å². The molecule has 2 heterocycles. The number of hydrogen-bond donors (Lipinski definition) is 1. The molecule has 0 radical (unpaired) electrons. The predicted octanol–water partition coefficient (Wildman–Crippen LogP) is 4.44. The quantitative estimate of drug-likeness (QED) is 0.481. The Labute approximate surface area is 176 Å². The Kier molecular flexibility index (Phi) is 5.44. The molecule has 1 amide bonds. The molecular formula is C23H18FN3O4. The number of hydrogen-bond acceptors (Lipinski definition) is 6. The average Bonchev–Trinajstić information content (AvgIpc) is 3.15. The van der Waals surface area contributed by atoms with E-state index in [2.05, 4.69) is 15.5 Å². The van der Waals surface area contributed by atoms with Gasteiger partial charge in [0.15, 0.2) is 6.61 Å². The summed E-state index contributed by atoms with van der Waals surface area (Å²) in [5.41, 5.74) is 2.90. The van der Waals surface area contributed by atoms with Gasteiger partial charge in [-0.25, -0.2) is 14.2 Å². The van der Waals surface area contributed by atoms with Crippen LogP contribution in [0.25, 0.3) is 22.4 Å². The predicted molar refractivity (Wildman–Crippen MR) is 112 cm³/mol. The second kappa shape index (κ2) is 8.35. The van der Waals surface area contributed by atoms with Crippen LogP contribution in [-0.2, 0) is 9.53 Å². The smallest absolute Gasteiger partial charge is 0.339 e. The number of ether oxygens (including phenoxy) is 1. The van der Waals surface area contributed by atoms with Crippen molar-refractivity contribution in [3.63, 3.8) is 0 Å². The van der Waals surface area contributed by atoms with E-state index < -0.39 is 24.3 Å². The van der Waals surface area contributed by atoms with Crippen molar-refractivity contribution >= 4 is 28.7 Å². The number of fused-ring (bicyclic) bond motifs is 1. The molecule has 0 bridgehead atoms. The molecule has 0 atom stereocenters. The maximum absolute atomic E-state index is 13.6. The maximum Gasteiger partial charge on any atom is 0.339 e. The first-order valence-corrected chi connectivity index (χ1v) is 9.48. The summed E-state index contributed by atoms with van der Waals surface area (Å²) in [4.78, 5) is 29.4. The molecule has 4 aromatic rings. The number of rotatable bonds is 5. The Bertz CT molecular complexity index is 1280. The van der Waals surface area contributed by atoms with Gasteiger partial charge < -0.3 is 14.6 Å². The van der Waals surface area contributed by atoms with Crippen molar-refractivity contribution in [2.75, 3.05) is 11.9 Å². The minimum absolute atomic E-state index is 0.191. The van der Waals surface area contributed by atoms with Crippen LogP contribution in [0.4, 0.5) is 10.1 Å². The highest BCUT2D eigenvalue weighted by Gasteiger charge is 2.21. The molecule has 0 spiro atoms. The van der Waals surface area contributed by atoms with Gasteiger partial charge in [0, 0.05) is 11.3 Å². The summed E-state index contributed by atoms with van der Waals surface area (Å²) >= 11 is 0. The molecule has 0 unspecified atom stereocenters. The van der Waals surface area contributed by atoms with Crippen molar-refractivity contribution in [1.82, 2.24) is 10.1 Å². The number of aromatic nitrogens is 2. The van der Waals surface area contributed by atoms with Crippen LogP contribution in [0.15, 0.2) is 59.1 Å². The van der Waals surface area contributed by atoms with Crippen LogP contribution in [0.5, 0.6) is 0 Å². The number of esters is 1. The van der Waals surface area contributed by atoms with E-state index in [9.17, 15) is 14.0 Å². The molecule has 4 rings (SSSR count). The largest absolute Gasteiger partial charge is 0.452 e. The molecule has 0 aliphatic heterocycles. The molecule has 8 heteroatoms. The third-order valence-electron chi connectivity index (χ3n) is 4.70. The monoisotopic (exact) mass is 419 g/mol. The second-order valence-corrected chi connectivity index (χ2v) is 6.96. The number of aryl methyl sites for hydroxylation is 2. The average molecular weight is 419 g/mol. The van der Waals surface area contributed by atoms with Gasteiger partial charge in [-0.2, -0.15) is 0 Å². The van der Waals surface area contributed by atoms with E-state index in [1.165, 1.54) is 6.07 Å². The zero-order valence-corrected chi connectivity index (χ0v) is 16.8. The first kappa shape index (κ1) is 20.2. The minimum Gasteiger partial charge on any atom is -0.452 e. The van der Waals surface area contributed by atoms with E-state index in [-0.39, 0.29) is 17.0 Å². The molecule has 0 saturated heterocycles. The number of halogens is 1. The Morgan fingerprint density at radius 1 is 1.10 bits per heavy atom. The summed E-state index contributed by atoms with van der Waals surface area (Å²) in [5, 5.41) is 6.80. The lowest BCUT2D eigenvalue weighted by molar-refractivity contribution is -0.119. The molecule has 156 valence electrons. The third-order valence-corrected chi connectivity index (χ3v) is 4.70. The van der Waals surface area contributed by atoms with Crippen molar-refractivity contribution in [1.29, 1.82) is 0 Å². The summed E-state index contributed by atoms with van der Waals surface area (Å²) in [6.45, 7) is 2.77. The van der Waals surface area contributed by atoms with E-state index in [0.29, 0.717) is 22.3 Å². The lowest BCUT2D eigenvalue weighted by Crippen LogP contribution is -2.21. The fourth-order valence-corrected chi connectivity index (χ4v) is 3.09. The molecule has 0 aliphatic rings. The summed E-state index contributed by atoms with van der Waals surface area (Å²) in [7, 11) is 0. The van der Waals surface area contributed by atoms with Crippen molar-refractivity contribution in [2.24, 2.45) is 0 Å². The zero-order chi connectivity index (χ0) is 22.0. The Morgan fingerprint density at radius 2 is 1.87 bits per heavy atom. The first-order chi connectivity index (χ1) is 14.9. The summed E-state index contributed by atoms with van der Waals surface area (Å²) in [6, 6.07) is 15.2. The van der Waals surface area contributed by atoms with Gasteiger partial charge in [-0.1, -0.05) is 41.6 Å². The number of benzene rings is 2.